The second kappa shape index (κ2) is 4.57. The molecule has 3 heteroatoms. The molecular formula is C14H21NO2. The summed E-state index contributed by atoms with van der Waals surface area (Å²) >= 11 is 0. The summed E-state index contributed by atoms with van der Waals surface area (Å²) in [5, 5.41) is 0. The molecule has 94 valence electrons. The van der Waals surface area contributed by atoms with Crippen molar-refractivity contribution in [3.63, 3.8) is 0 Å². The molecule has 0 saturated heterocycles. The van der Waals surface area contributed by atoms with Crippen LogP contribution in [-0.4, -0.2) is 14.2 Å². The lowest BCUT2D eigenvalue weighted by atomic mass is 9.86. The molecule has 0 amide bonds. The molecule has 0 radical (unpaired) electrons. The summed E-state index contributed by atoms with van der Waals surface area (Å²) in [5.74, 6) is 1.68. The zero-order valence-corrected chi connectivity index (χ0v) is 10.9. The lowest BCUT2D eigenvalue weighted by Crippen LogP contribution is -2.34. The molecule has 0 aliphatic heterocycles. The minimum Gasteiger partial charge on any atom is -0.497 e. The van der Waals surface area contributed by atoms with Crippen LogP contribution in [0.5, 0.6) is 11.5 Å². The molecule has 0 unspecified atom stereocenters. The molecule has 0 atom stereocenters. The topological polar surface area (TPSA) is 44.5 Å². The average Bonchev–Trinajstić information content (AvgIpc) is 2.77. The summed E-state index contributed by atoms with van der Waals surface area (Å²) in [5.41, 5.74) is 8.62. The van der Waals surface area contributed by atoms with Gasteiger partial charge in [-0.25, -0.2) is 0 Å². The normalized spacial score (nSPS) is 18.1. The van der Waals surface area contributed by atoms with Crippen molar-refractivity contribution < 1.29 is 9.47 Å². The van der Waals surface area contributed by atoms with Gasteiger partial charge < -0.3 is 15.2 Å². The molecule has 1 aliphatic rings. The van der Waals surface area contributed by atoms with Crippen molar-refractivity contribution >= 4 is 0 Å². The maximum atomic E-state index is 6.52. The van der Waals surface area contributed by atoms with Crippen LogP contribution in [0.3, 0.4) is 0 Å². The number of nitrogens with two attached hydrogens (primary N) is 1. The SMILES string of the molecule is COc1cc(OC)c(C)c(C2(N)CCCC2)c1. The molecule has 1 fully saturated rings. The number of ether oxygens (including phenoxy) is 2. The predicted octanol–water partition coefficient (Wildman–Crippen LogP) is 2.74. The third-order valence-electron chi connectivity index (χ3n) is 3.82. The third-order valence-corrected chi connectivity index (χ3v) is 3.82. The Bertz CT molecular complexity index is 409. The monoisotopic (exact) mass is 235 g/mol. The van der Waals surface area contributed by atoms with E-state index in [2.05, 4.69) is 13.0 Å². The van der Waals surface area contributed by atoms with E-state index in [4.69, 9.17) is 15.2 Å². The lowest BCUT2D eigenvalue weighted by Gasteiger charge is -2.27. The van der Waals surface area contributed by atoms with Crippen LogP contribution < -0.4 is 15.2 Å². The Balaban J connectivity index is 2.51. The van der Waals surface area contributed by atoms with Crippen LogP contribution in [0.4, 0.5) is 0 Å². The molecule has 1 aromatic carbocycles. The highest BCUT2D eigenvalue weighted by Crippen LogP contribution is 2.41. The van der Waals surface area contributed by atoms with Gasteiger partial charge in [0.05, 0.1) is 14.2 Å². The van der Waals surface area contributed by atoms with E-state index in [-0.39, 0.29) is 5.54 Å². The Hall–Kier alpha value is -1.22. The Kier molecular flexibility index (Phi) is 3.29. The summed E-state index contributed by atoms with van der Waals surface area (Å²) in [6.07, 6.45) is 4.50. The van der Waals surface area contributed by atoms with Gasteiger partial charge in [-0.2, -0.15) is 0 Å². The van der Waals surface area contributed by atoms with Gasteiger partial charge in [-0.3, -0.25) is 0 Å². The first-order valence-corrected chi connectivity index (χ1v) is 6.13. The Morgan fingerprint density at radius 1 is 1.12 bits per heavy atom. The first-order chi connectivity index (χ1) is 8.10. The number of hydrogen-bond acceptors (Lipinski definition) is 3. The van der Waals surface area contributed by atoms with E-state index in [0.29, 0.717) is 0 Å². The van der Waals surface area contributed by atoms with Crippen LogP contribution in [0.25, 0.3) is 0 Å². The van der Waals surface area contributed by atoms with Gasteiger partial charge in [-0.15, -0.1) is 0 Å². The fourth-order valence-corrected chi connectivity index (χ4v) is 2.78. The summed E-state index contributed by atoms with van der Waals surface area (Å²) in [6, 6.07) is 3.97. The van der Waals surface area contributed by atoms with Gasteiger partial charge in [0, 0.05) is 11.6 Å². The maximum Gasteiger partial charge on any atom is 0.125 e. The smallest absolute Gasteiger partial charge is 0.125 e. The zero-order chi connectivity index (χ0) is 12.5. The molecule has 0 spiro atoms. The molecule has 0 aromatic heterocycles. The van der Waals surface area contributed by atoms with E-state index in [1.54, 1.807) is 14.2 Å². The highest BCUT2D eigenvalue weighted by Gasteiger charge is 2.33. The van der Waals surface area contributed by atoms with Crippen molar-refractivity contribution in [1.82, 2.24) is 0 Å². The Labute approximate surface area is 103 Å². The fraction of sp³-hybridized carbons (Fsp3) is 0.571. The van der Waals surface area contributed by atoms with Crippen LogP contribution in [0.2, 0.25) is 0 Å². The Morgan fingerprint density at radius 2 is 1.76 bits per heavy atom. The van der Waals surface area contributed by atoms with Crippen molar-refractivity contribution in [2.45, 2.75) is 38.1 Å². The van der Waals surface area contributed by atoms with Crippen molar-refractivity contribution in [3.8, 4) is 11.5 Å². The summed E-state index contributed by atoms with van der Waals surface area (Å²) < 4.78 is 10.7. The van der Waals surface area contributed by atoms with Gasteiger partial charge in [-0.05, 0) is 37.0 Å². The van der Waals surface area contributed by atoms with Gasteiger partial charge in [0.2, 0.25) is 0 Å². The molecule has 2 rings (SSSR count). The lowest BCUT2D eigenvalue weighted by molar-refractivity contribution is 0.383. The number of rotatable bonds is 3. The van der Waals surface area contributed by atoms with Crippen molar-refractivity contribution in [2.24, 2.45) is 5.73 Å². The second-order valence-electron chi connectivity index (χ2n) is 4.87. The van der Waals surface area contributed by atoms with Gasteiger partial charge in [0.25, 0.3) is 0 Å². The van der Waals surface area contributed by atoms with E-state index in [0.717, 1.165) is 29.9 Å². The molecule has 3 nitrogen and oxygen atoms in total. The van der Waals surface area contributed by atoms with E-state index in [9.17, 15) is 0 Å². The third kappa shape index (κ3) is 2.12. The van der Waals surface area contributed by atoms with Crippen LogP contribution in [0, 0.1) is 6.92 Å². The van der Waals surface area contributed by atoms with E-state index in [1.807, 2.05) is 6.07 Å². The molecule has 1 saturated carbocycles. The van der Waals surface area contributed by atoms with Crippen molar-refractivity contribution in [3.05, 3.63) is 23.3 Å². The average molecular weight is 235 g/mol. The zero-order valence-electron chi connectivity index (χ0n) is 10.9. The fourth-order valence-electron chi connectivity index (χ4n) is 2.78. The number of benzene rings is 1. The molecule has 0 bridgehead atoms. The molecule has 0 heterocycles. The molecule has 17 heavy (non-hydrogen) atoms. The van der Waals surface area contributed by atoms with Crippen LogP contribution in [0.1, 0.15) is 36.8 Å². The molecule has 2 N–H and O–H groups in total. The van der Waals surface area contributed by atoms with Crippen molar-refractivity contribution in [2.75, 3.05) is 14.2 Å². The van der Waals surface area contributed by atoms with Crippen LogP contribution >= 0.6 is 0 Å². The highest BCUT2D eigenvalue weighted by molar-refractivity contribution is 5.49. The quantitative estimate of drug-likeness (QED) is 0.876. The minimum atomic E-state index is -0.202. The van der Waals surface area contributed by atoms with Crippen molar-refractivity contribution in [1.29, 1.82) is 0 Å². The largest absolute Gasteiger partial charge is 0.497 e. The minimum absolute atomic E-state index is 0.202. The van der Waals surface area contributed by atoms with Gasteiger partial charge in [-0.1, -0.05) is 12.8 Å². The molecular weight excluding hydrogens is 214 g/mol. The van der Waals surface area contributed by atoms with E-state index in [1.165, 1.54) is 18.4 Å². The molecule has 1 aliphatic carbocycles. The van der Waals surface area contributed by atoms with Crippen LogP contribution in [-0.2, 0) is 5.54 Å². The van der Waals surface area contributed by atoms with Crippen LogP contribution in [0.15, 0.2) is 12.1 Å². The summed E-state index contributed by atoms with van der Waals surface area (Å²) in [4.78, 5) is 0. The maximum absolute atomic E-state index is 6.52. The second-order valence-corrected chi connectivity index (χ2v) is 4.87. The first-order valence-electron chi connectivity index (χ1n) is 6.13. The van der Waals surface area contributed by atoms with Gasteiger partial charge >= 0.3 is 0 Å². The van der Waals surface area contributed by atoms with E-state index < -0.39 is 0 Å². The van der Waals surface area contributed by atoms with E-state index >= 15 is 0 Å². The number of hydrogen-bond donors (Lipinski definition) is 1. The van der Waals surface area contributed by atoms with Gasteiger partial charge in [0.15, 0.2) is 0 Å². The highest BCUT2D eigenvalue weighted by atomic mass is 16.5. The number of methoxy groups -OCH3 is 2. The first kappa shape index (κ1) is 12.2. The predicted molar refractivity (Wildman–Crippen MR) is 68.6 cm³/mol. The Morgan fingerprint density at radius 3 is 2.29 bits per heavy atom. The summed E-state index contributed by atoms with van der Waals surface area (Å²) in [6.45, 7) is 2.07. The standard InChI is InChI=1S/C14H21NO2/c1-10-12(14(15)6-4-5-7-14)8-11(16-2)9-13(10)17-3/h8-9H,4-7,15H2,1-3H3. The van der Waals surface area contributed by atoms with Gasteiger partial charge in [0.1, 0.15) is 11.5 Å². The summed E-state index contributed by atoms with van der Waals surface area (Å²) in [7, 11) is 3.36. The molecule has 1 aromatic rings.